The second-order valence-electron chi connectivity index (χ2n) is 26.3. The average Bonchev–Trinajstić information content (AvgIpc) is 1.72. The lowest BCUT2D eigenvalue weighted by molar-refractivity contribution is -0.140. The molecular formula is C68H100N18O18S. The molecule has 4 aromatic rings. The largest absolute Gasteiger partial charge is 0.484 e. The standard InChI is InChI=1S/C68H100N18O18S/c1-40(2)27-51(66(101)79-49(62(70)97)17-26-105-6)80-67(102)53(29-45-32-71-39-75-45)78-55(88)33-74-68(103)61(41(3)4)82-63(98)42(5)76-65(100)52(28-44-31-72-48-10-8-7-9-47(44)48)81-64(99)50(15-16-54(69)87)77-57(90)38-104-46-13-11-43(12-14-46)30-73-56(89)34-83-18-20-84(35-58(91)92)22-24-86(37-60(95)96)25-23-85(21-19-83)36-59(93)94/h7-14,31-32,39-42,49-53,61,72H,15-30,33-38H2,1-6H3,(H2,69,87)(H2,70,97)(H,71,75)(H,73,89)(H,74,103)(H,76,100)(H,77,90)(H,78,88)(H,79,101)(H,80,102)(H,81,99)(H,82,98)(H,91,92)(H,93,94)(H,95,96)/t42?,49-,50?,51-,52-,53-,61-/m0/s1. The molecule has 3 heterocycles. The maximum Gasteiger partial charge on any atom is 0.317 e. The molecule has 0 aliphatic carbocycles. The van der Waals surface area contributed by atoms with Crippen molar-refractivity contribution in [2.45, 2.75) is 122 Å². The third kappa shape index (κ3) is 31.3. The van der Waals surface area contributed by atoms with Crippen molar-refractivity contribution in [3.63, 3.8) is 0 Å². The van der Waals surface area contributed by atoms with Crippen molar-refractivity contribution in [1.82, 2.24) is 82.4 Å². The molecule has 36 nitrogen and oxygen atoms in total. The van der Waals surface area contributed by atoms with Gasteiger partial charge in [-0.15, -0.1) is 0 Å². The molecule has 0 saturated carbocycles. The number of H-pyrrole nitrogens is 2. The van der Waals surface area contributed by atoms with Crippen LogP contribution in [-0.2, 0) is 86.5 Å². The highest BCUT2D eigenvalue weighted by Crippen LogP contribution is 2.20. The van der Waals surface area contributed by atoms with Crippen LogP contribution in [0.4, 0.5) is 0 Å². The number of nitrogens with one attached hydrogen (secondary N) is 11. The topological polar surface area (TPSA) is 527 Å². The number of carboxylic acids is 3. The van der Waals surface area contributed by atoms with Gasteiger partial charge in [0.05, 0.1) is 39.1 Å². The number of hydrogen-bond donors (Lipinski definition) is 16. The maximum absolute atomic E-state index is 14.4. The summed E-state index contributed by atoms with van der Waals surface area (Å²) in [5.41, 5.74) is 13.4. The number of fused-ring (bicyclic) bond motifs is 1. The molecule has 1 aliphatic heterocycles. The zero-order chi connectivity index (χ0) is 77.3. The highest BCUT2D eigenvalue weighted by molar-refractivity contribution is 7.98. The number of aromatic amines is 2. The predicted molar refractivity (Wildman–Crippen MR) is 384 cm³/mol. The van der Waals surface area contributed by atoms with Gasteiger partial charge < -0.3 is 89.3 Å². The van der Waals surface area contributed by atoms with Gasteiger partial charge in [0.1, 0.15) is 48.0 Å². The Morgan fingerprint density at radius 1 is 0.562 bits per heavy atom. The Balaban J connectivity index is 1.20. The molecule has 7 atom stereocenters. The van der Waals surface area contributed by atoms with Crippen LogP contribution >= 0.6 is 11.8 Å². The van der Waals surface area contributed by atoms with Gasteiger partial charge in [0.25, 0.3) is 5.91 Å². The number of thioether (sulfide) groups is 1. The van der Waals surface area contributed by atoms with E-state index in [9.17, 15) is 82.4 Å². The van der Waals surface area contributed by atoms with Crippen LogP contribution in [0.2, 0.25) is 0 Å². The summed E-state index contributed by atoms with van der Waals surface area (Å²) in [4.78, 5) is 200. The Labute approximate surface area is 611 Å². The van der Waals surface area contributed by atoms with Crippen LogP contribution in [0.25, 0.3) is 10.9 Å². The minimum atomic E-state index is -1.46. The van der Waals surface area contributed by atoms with Gasteiger partial charge in [-0.05, 0) is 79.4 Å². The minimum absolute atomic E-state index is 0.0586. The summed E-state index contributed by atoms with van der Waals surface area (Å²) in [5.74, 6) is -11.6. The first kappa shape index (κ1) is 85.4. The number of ether oxygens (including phenoxy) is 1. The molecule has 1 saturated heterocycles. The maximum atomic E-state index is 14.4. The van der Waals surface area contributed by atoms with E-state index in [2.05, 4.69) is 62.8 Å². The van der Waals surface area contributed by atoms with E-state index in [0.29, 0.717) is 33.5 Å². The van der Waals surface area contributed by atoms with E-state index >= 15 is 0 Å². The number of benzene rings is 2. The van der Waals surface area contributed by atoms with Crippen molar-refractivity contribution < 1.29 is 87.2 Å². The molecule has 18 N–H and O–H groups in total. The number of primary amides is 2. The number of hydrogen-bond acceptors (Lipinski definition) is 21. The minimum Gasteiger partial charge on any atom is -0.484 e. The number of aliphatic carboxylic acids is 3. The van der Waals surface area contributed by atoms with E-state index in [1.165, 1.54) is 43.3 Å². The van der Waals surface area contributed by atoms with E-state index in [1.54, 1.807) is 76.0 Å². The third-order valence-corrected chi connectivity index (χ3v) is 17.5. The number of carboxylic acid groups (broad SMARTS) is 3. The van der Waals surface area contributed by atoms with Gasteiger partial charge in [0, 0.05) is 107 Å². The fourth-order valence-electron chi connectivity index (χ4n) is 11.2. The molecule has 37 heteroatoms. The molecule has 0 bridgehead atoms. The summed E-state index contributed by atoms with van der Waals surface area (Å²) in [6, 6.07) is 4.44. The SMILES string of the molecule is CSCC[C@H](NC(=O)[C@H](CC(C)C)NC(=O)[C@H](Cc1cnc[nH]1)NC(=O)CNC(=O)[C@@H](NC(=O)C(C)NC(=O)[C@H](Cc1c[nH]c2ccccc12)NC(=O)C(CCC(N)=O)NC(=O)COc1ccc(CNC(=O)CN2CCN(CC(=O)O)CCN(CC(=O)O)CCN(CC(=O)O)CC2)cc1)C(C)C)C(N)=O. The van der Waals surface area contributed by atoms with E-state index in [-0.39, 0.29) is 141 Å². The lowest BCUT2D eigenvalue weighted by Gasteiger charge is -2.32. The molecule has 1 aliphatic rings. The lowest BCUT2D eigenvalue weighted by atomic mass is 10.0. The second-order valence-corrected chi connectivity index (χ2v) is 27.2. The predicted octanol–water partition coefficient (Wildman–Crippen LogP) is -3.42. The number of aromatic nitrogens is 3. The van der Waals surface area contributed by atoms with Crippen molar-refractivity contribution in [3.8, 4) is 5.75 Å². The zero-order valence-electron chi connectivity index (χ0n) is 59.9. The number of rotatable bonds is 42. The number of nitrogens with zero attached hydrogens (tertiary/aromatic N) is 5. The quantitative estimate of drug-likeness (QED) is 0.0205. The van der Waals surface area contributed by atoms with Crippen LogP contribution in [0.1, 0.15) is 77.1 Å². The van der Waals surface area contributed by atoms with Gasteiger partial charge in [-0.3, -0.25) is 86.7 Å². The Bertz CT molecular complexity index is 3570. The lowest BCUT2D eigenvalue weighted by Crippen LogP contribution is -2.59. The molecule has 2 aromatic carbocycles. The van der Waals surface area contributed by atoms with Gasteiger partial charge in [-0.1, -0.05) is 58.0 Å². The summed E-state index contributed by atoms with van der Waals surface area (Å²) in [7, 11) is 0. The molecule has 0 radical (unpaired) electrons. The number of para-hydroxylation sites is 1. The Kier molecular flexibility index (Phi) is 35.6. The fourth-order valence-corrected chi connectivity index (χ4v) is 11.7. The first-order chi connectivity index (χ1) is 49.9. The van der Waals surface area contributed by atoms with Gasteiger partial charge in [0.15, 0.2) is 6.61 Å². The second kappa shape index (κ2) is 43.8. The number of carbonyl (C=O) groups excluding carboxylic acids is 11. The molecule has 2 aromatic heterocycles. The molecule has 5 rings (SSSR count). The van der Waals surface area contributed by atoms with Crippen molar-refractivity contribution in [3.05, 3.63) is 84.1 Å². The molecule has 576 valence electrons. The van der Waals surface area contributed by atoms with Crippen LogP contribution in [0.5, 0.6) is 5.75 Å². The van der Waals surface area contributed by atoms with Gasteiger partial charge in [-0.2, -0.15) is 11.8 Å². The fraction of sp³-hybridized carbons (Fsp3) is 0.544. The summed E-state index contributed by atoms with van der Waals surface area (Å²) < 4.78 is 5.74. The van der Waals surface area contributed by atoms with Gasteiger partial charge in [0.2, 0.25) is 59.1 Å². The molecular weight excluding hydrogens is 1390 g/mol. The van der Waals surface area contributed by atoms with Crippen LogP contribution in [0.15, 0.2) is 67.3 Å². The molecule has 0 spiro atoms. The number of carbonyl (C=O) groups is 14. The highest BCUT2D eigenvalue weighted by atomic mass is 32.2. The molecule has 2 unspecified atom stereocenters. The monoisotopic (exact) mass is 1490 g/mol. The Hall–Kier alpha value is -10.2. The number of imidazole rings is 1. The van der Waals surface area contributed by atoms with E-state index < -0.39 is 138 Å². The van der Waals surface area contributed by atoms with E-state index in [0.717, 1.165) is 0 Å². The van der Waals surface area contributed by atoms with Crippen LogP contribution in [0.3, 0.4) is 0 Å². The third-order valence-electron chi connectivity index (χ3n) is 16.9. The van der Waals surface area contributed by atoms with Crippen LogP contribution < -0.4 is 64.1 Å². The van der Waals surface area contributed by atoms with Crippen molar-refractivity contribution in [2.24, 2.45) is 23.3 Å². The summed E-state index contributed by atoms with van der Waals surface area (Å²) >= 11 is 1.45. The summed E-state index contributed by atoms with van der Waals surface area (Å²) in [5, 5.41) is 53.0. The Morgan fingerprint density at radius 3 is 1.64 bits per heavy atom. The molecule has 1 fully saturated rings. The summed E-state index contributed by atoms with van der Waals surface area (Å²) in [6.07, 6.45) is 5.71. The van der Waals surface area contributed by atoms with Crippen molar-refractivity contribution >= 4 is 106 Å². The molecule has 105 heavy (non-hydrogen) atoms. The van der Waals surface area contributed by atoms with Gasteiger partial charge >= 0.3 is 17.9 Å². The van der Waals surface area contributed by atoms with Gasteiger partial charge in [-0.25, -0.2) is 4.98 Å². The number of nitrogens with two attached hydrogens (primary N) is 2. The zero-order valence-corrected chi connectivity index (χ0v) is 60.7. The van der Waals surface area contributed by atoms with Crippen molar-refractivity contribution in [1.29, 1.82) is 0 Å². The normalized spacial score (nSPS) is 15.5. The van der Waals surface area contributed by atoms with Crippen LogP contribution in [-0.4, -0.2) is 279 Å². The molecule has 11 amide bonds. The summed E-state index contributed by atoms with van der Waals surface area (Å²) in [6.45, 7) is 7.67. The smallest absolute Gasteiger partial charge is 0.317 e. The first-order valence-electron chi connectivity index (χ1n) is 34.4. The first-order valence-corrected chi connectivity index (χ1v) is 35.8. The Morgan fingerprint density at radius 2 is 1.10 bits per heavy atom. The average molecular weight is 1490 g/mol. The van der Waals surface area contributed by atoms with E-state index in [4.69, 9.17) is 16.2 Å². The van der Waals surface area contributed by atoms with E-state index in [1.807, 2.05) is 20.1 Å². The highest BCUT2D eigenvalue weighted by Gasteiger charge is 2.34. The number of amides is 11. The van der Waals surface area contributed by atoms with Crippen molar-refractivity contribution in [2.75, 3.05) is 104 Å². The van der Waals surface area contributed by atoms with Crippen LogP contribution in [0, 0.1) is 11.8 Å².